The first-order chi connectivity index (χ1) is 8.08. The summed E-state index contributed by atoms with van der Waals surface area (Å²) in [6.45, 7) is 1.79. The molecule has 17 heavy (non-hydrogen) atoms. The predicted octanol–water partition coefficient (Wildman–Crippen LogP) is 2.00. The molecule has 1 aromatic rings. The monoisotopic (exact) mass is 253 g/mol. The van der Waals surface area contributed by atoms with Gasteiger partial charge < -0.3 is 16.4 Å². The van der Waals surface area contributed by atoms with Crippen molar-refractivity contribution in [1.29, 1.82) is 0 Å². The van der Waals surface area contributed by atoms with Crippen molar-refractivity contribution in [3.63, 3.8) is 0 Å². The van der Waals surface area contributed by atoms with Gasteiger partial charge in [-0.15, -0.1) is 0 Å². The van der Waals surface area contributed by atoms with Gasteiger partial charge in [-0.1, -0.05) is 17.7 Å². The van der Waals surface area contributed by atoms with Gasteiger partial charge in [-0.05, 0) is 31.9 Å². The molecule has 5 heteroatoms. The van der Waals surface area contributed by atoms with E-state index in [1.54, 1.807) is 25.1 Å². The van der Waals surface area contributed by atoms with E-state index in [1.807, 2.05) is 0 Å². The molecule has 0 heterocycles. The van der Waals surface area contributed by atoms with E-state index in [1.165, 1.54) is 0 Å². The van der Waals surface area contributed by atoms with E-state index >= 15 is 0 Å². The number of benzene rings is 1. The fraction of sp³-hybridized carbons (Fsp3) is 0.417. The van der Waals surface area contributed by atoms with Crippen LogP contribution in [-0.2, 0) is 4.79 Å². The van der Waals surface area contributed by atoms with Crippen molar-refractivity contribution in [2.45, 2.75) is 31.8 Å². The third-order valence-corrected chi connectivity index (χ3v) is 3.04. The Morgan fingerprint density at radius 2 is 2.24 bits per heavy atom. The number of hydrogen-bond donors (Lipinski definition) is 3. The lowest BCUT2D eigenvalue weighted by Gasteiger charge is -2.17. The van der Waals surface area contributed by atoms with Crippen molar-refractivity contribution in [2.24, 2.45) is 0 Å². The number of nitrogens with one attached hydrogen (secondary N) is 2. The fourth-order valence-corrected chi connectivity index (χ4v) is 1.77. The van der Waals surface area contributed by atoms with Crippen molar-refractivity contribution in [1.82, 2.24) is 5.32 Å². The topological polar surface area (TPSA) is 67.1 Å². The van der Waals surface area contributed by atoms with Gasteiger partial charge in [-0.25, -0.2) is 0 Å². The Labute approximate surface area is 106 Å². The van der Waals surface area contributed by atoms with E-state index in [2.05, 4.69) is 10.6 Å². The lowest BCUT2D eigenvalue weighted by molar-refractivity contribution is -0.121. The summed E-state index contributed by atoms with van der Waals surface area (Å²) in [5, 5.41) is 6.49. The summed E-state index contributed by atoms with van der Waals surface area (Å²) in [6.07, 6.45) is 2.15. The normalized spacial score (nSPS) is 16.4. The highest BCUT2D eigenvalue weighted by Gasteiger charge is 2.25. The Kier molecular flexibility index (Phi) is 3.43. The maximum Gasteiger partial charge on any atom is 0.242 e. The van der Waals surface area contributed by atoms with Gasteiger partial charge in [0, 0.05) is 6.04 Å². The molecular formula is C12H16ClN3O. The average Bonchev–Trinajstić information content (AvgIpc) is 3.07. The largest absolute Gasteiger partial charge is 0.397 e. The van der Waals surface area contributed by atoms with Crippen molar-refractivity contribution >= 4 is 28.9 Å². The molecule has 2 rings (SSSR count). The number of nitrogens with two attached hydrogens (primary N) is 1. The minimum absolute atomic E-state index is 0.0215. The maximum absolute atomic E-state index is 11.8. The fourth-order valence-electron chi connectivity index (χ4n) is 1.53. The second-order valence-corrected chi connectivity index (χ2v) is 4.76. The molecule has 1 saturated carbocycles. The number of anilines is 2. The van der Waals surface area contributed by atoms with E-state index in [4.69, 9.17) is 17.3 Å². The zero-order valence-electron chi connectivity index (χ0n) is 9.66. The molecule has 0 aromatic heterocycles. The van der Waals surface area contributed by atoms with Crippen LogP contribution >= 0.6 is 11.6 Å². The molecule has 1 aliphatic rings. The molecular weight excluding hydrogens is 238 g/mol. The van der Waals surface area contributed by atoms with Crippen LogP contribution in [0, 0.1) is 0 Å². The summed E-state index contributed by atoms with van der Waals surface area (Å²) in [5.74, 6) is -0.0215. The molecule has 1 aliphatic carbocycles. The Balaban J connectivity index is 2.01. The highest BCUT2D eigenvalue weighted by atomic mass is 35.5. The lowest BCUT2D eigenvalue weighted by Crippen LogP contribution is -2.38. The summed E-state index contributed by atoms with van der Waals surface area (Å²) in [5.41, 5.74) is 6.97. The van der Waals surface area contributed by atoms with Gasteiger partial charge in [0.1, 0.15) is 6.04 Å². The van der Waals surface area contributed by atoms with Crippen molar-refractivity contribution in [3.05, 3.63) is 23.2 Å². The molecule has 92 valence electrons. The summed E-state index contributed by atoms with van der Waals surface area (Å²) < 4.78 is 0. The van der Waals surface area contributed by atoms with E-state index < -0.39 is 0 Å². The second kappa shape index (κ2) is 4.84. The van der Waals surface area contributed by atoms with Crippen LogP contribution in [0.15, 0.2) is 18.2 Å². The van der Waals surface area contributed by atoms with Crippen LogP contribution in [0.1, 0.15) is 19.8 Å². The number of hydrogen-bond acceptors (Lipinski definition) is 3. The zero-order chi connectivity index (χ0) is 12.4. The maximum atomic E-state index is 11.8. The van der Waals surface area contributed by atoms with Gasteiger partial charge >= 0.3 is 0 Å². The molecule has 1 amide bonds. The number of rotatable bonds is 4. The number of para-hydroxylation sites is 1. The van der Waals surface area contributed by atoms with Crippen LogP contribution in [0.25, 0.3) is 0 Å². The quantitative estimate of drug-likeness (QED) is 0.719. The summed E-state index contributed by atoms with van der Waals surface area (Å²) >= 11 is 6.02. The van der Waals surface area contributed by atoms with Crippen LogP contribution in [0.4, 0.5) is 11.4 Å². The van der Waals surface area contributed by atoms with Crippen molar-refractivity contribution < 1.29 is 4.79 Å². The van der Waals surface area contributed by atoms with Gasteiger partial charge in [0.15, 0.2) is 0 Å². The Morgan fingerprint density at radius 3 is 2.82 bits per heavy atom. The van der Waals surface area contributed by atoms with Gasteiger partial charge in [-0.2, -0.15) is 0 Å². The van der Waals surface area contributed by atoms with Crippen LogP contribution in [0.5, 0.6) is 0 Å². The van der Waals surface area contributed by atoms with Gasteiger partial charge in [0.05, 0.1) is 16.4 Å². The van der Waals surface area contributed by atoms with Crippen LogP contribution in [-0.4, -0.2) is 18.0 Å². The van der Waals surface area contributed by atoms with Crippen LogP contribution in [0.2, 0.25) is 5.02 Å². The standard InChI is InChI=1S/C12H16ClN3O/c1-7(12(17)16-8-5-6-8)15-11-9(13)3-2-4-10(11)14/h2-4,7-8,15H,5-6,14H2,1H3,(H,16,17). The SMILES string of the molecule is CC(Nc1c(N)cccc1Cl)C(=O)NC1CC1. The molecule has 1 unspecified atom stereocenters. The predicted molar refractivity (Wildman–Crippen MR) is 70.1 cm³/mol. The minimum Gasteiger partial charge on any atom is -0.397 e. The van der Waals surface area contributed by atoms with Gasteiger partial charge in [0.25, 0.3) is 0 Å². The smallest absolute Gasteiger partial charge is 0.242 e. The highest BCUT2D eigenvalue weighted by Crippen LogP contribution is 2.28. The molecule has 0 aliphatic heterocycles. The first kappa shape index (κ1) is 12.0. The molecule has 0 saturated heterocycles. The first-order valence-corrected chi connectivity index (χ1v) is 6.06. The molecule has 1 aromatic carbocycles. The average molecular weight is 254 g/mol. The number of halogens is 1. The molecule has 0 spiro atoms. The summed E-state index contributed by atoms with van der Waals surface area (Å²) in [6, 6.07) is 5.27. The van der Waals surface area contributed by atoms with E-state index in [0.717, 1.165) is 12.8 Å². The number of nitrogen functional groups attached to an aromatic ring is 1. The van der Waals surface area contributed by atoms with Crippen molar-refractivity contribution in [2.75, 3.05) is 11.1 Å². The number of amides is 1. The summed E-state index contributed by atoms with van der Waals surface area (Å²) in [4.78, 5) is 11.8. The Bertz CT molecular complexity index is 412. The number of carbonyl (C=O) groups is 1. The molecule has 4 nitrogen and oxygen atoms in total. The highest BCUT2D eigenvalue weighted by molar-refractivity contribution is 6.34. The van der Waals surface area contributed by atoms with Crippen molar-refractivity contribution in [3.8, 4) is 0 Å². The van der Waals surface area contributed by atoms with Gasteiger partial charge in [0.2, 0.25) is 5.91 Å². The summed E-state index contributed by atoms with van der Waals surface area (Å²) in [7, 11) is 0. The van der Waals surface area contributed by atoms with E-state index in [0.29, 0.717) is 22.4 Å². The van der Waals surface area contributed by atoms with Crippen LogP contribution in [0.3, 0.4) is 0 Å². The van der Waals surface area contributed by atoms with E-state index in [9.17, 15) is 4.79 Å². The molecule has 1 fully saturated rings. The second-order valence-electron chi connectivity index (χ2n) is 4.35. The Morgan fingerprint density at radius 1 is 1.53 bits per heavy atom. The van der Waals surface area contributed by atoms with E-state index in [-0.39, 0.29) is 11.9 Å². The number of carbonyl (C=O) groups excluding carboxylic acids is 1. The Hall–Kier alpha value is -1.42. The third kappa shape index (κ3) is 3.03. The third-order valence-electron chi connectivity index (χ3n) is 2.72. The zero-order valence-corrected chi connectivity index (χ0v) is 10.4. The molecule has 0 radical (unpaired) electrons. The molecule has 4 N–H and O–H groups in total. The molecule has 0 bridgehead atoms. The minimum atomic E-state index is -0.349. The first-order valence-electron chi connectivity index (χ1n) is 5.69. The van der Waals surface area contributed by atoms with Gasteiger partial charge in [-0.3, -0.25) is 4.79 Å². The lowest BCUT2D eigenvalue weighted by atomic mass is 10.2. The van der Waals surface area contributed by atoms with Crippen LogP contribution < -0.4 is 16.4 Å². The molecule has 1 atom stereocenters.